The van der Waals surface area contributed by atoms with E-state index in [2.05, 4.69) is 15.5 Å². The monoisotopic (exact) mass is 339 g/mol. The van der Waals surface area contributed by atoms with E-state index in [1.807, 2.05) is 37.3 Å². The molecule has 0 aliphatic rings. The van der Waals surface area contributed by atoms with Crippen molar-refractivity contribution in [3.05, 3.63) is 47.7 Å². The van der Waals surface area contributed by atoms with E-state index in [9.17, 15) is 9.90 Å². The molecule has 1 unspecified atom stereocenters. The van der Waals surface area contributed by atoms with Gasteiger partial charge in [-0.25, -0.2) is 4.98 Å². The van der Waals surface area contributed by atoms with Gasteiger partial charge in [-0.15, -0.1) is 0 Å². The van der Waals surface area contributed by atoms with Gasteiger partial charge in [0.05, 0.1) is 28.4 Å². The van der Waals surface area contributed by atoms with E-state index in [4.69, 9.17) is 4.52 Å². The summed E-state index contributed by atoms with van der Waals surface area (Å²) in [7, 11) is 0. The summed E-state index contributed by atoms with van der Waals surface area (Å²) < 4.78 is 5.28. The number of benzene rings is 1. The Morgan fingerprint density at radius 3 is 2.80 bits per heavy atom. The van der Waals surface area contributed by atoms with E-state index < -0.39 is 6.10 Å². The Morgan fingerprint density at radius 2 is 2.08 bits per heavy atom. The molecule has 0 bridgehead atoms. The second-order valence-electron chi connectivity index (χ2n) is 5.98. The molecular weight excluding hydrogens is 318 g/mol. The Kier molecular flexibility index (Phi) is 5.09. The first kappa shape index (κ1) is 17.1. The highest BCUT2D eigenvalue weighted by atomic mass is 16.5. The van der Waals surface area contributed by atoms with Crippen molar-refractivity contribution in [1.82, 2.24) is 15.5 Å². The average Bonchev–Trinajstić information content (AvgIpc) is 3.02. The molecule has 6 nitrogen and oxygen atoms in total. The number of fused-ring (bicyclic) bond motifs is 1. The Hall–Kier alpha value is -2.73. The molecular formula is C19H21N3O3. The highest BCUT2D eigenvalue weighted by Crippen LogP contribution is 2.26. The molecule has 0 aliphatic carbocycles. The van der Waals surface area contributed by atoms with Gasteiger partial charge in [0, 0.05) is 12.1 Å². The van der Waals surface area contributed by atoms with Crippen LogP contribution in [0, 0.1) is 6.92 Å². The number of aryl methyl sites for hydroxylation is 1. The standard InChI is InChI=1S/C19H21N3O3/c1-3-14(23)9-10-20-18(24)15-11-16(13-7-5-4-6-8-13)21-19-17(15)12(2)22-25-19/h4-8,11,14,23H,3,9-10H2,1-2H3,(H,20,24). The number of aliphatic hydroxyl groups excluding tert-OH is 1. The lowest BCUT2D eigenvalue weighted by atomic mass is 10.0. The summed E-state index contributed by atoms with van der Waals surface area (Å²) in [5, 5.41) is 17.0. The number of amides is 1. The van der Waals surface area contributed by atoms with Crippen LogP contribution in [0.4, 0.5) is 0 Å². The van der Waals surface area contributed by atoms with E-state index >= 15 is 0 Å². The topological polar surface area (TPSA) is 88.2 Å². The normalized spacial score (nSPS) is 12.3. The number of pyridine rings is 1. The SMILES string of the molecule is CCC(O)CCNC(=O)c1cc(-c2ccccc2)nc2onc(C)c12. The van der Waals surface area contributed by atoms with Crippen LogP contribution in [0.1, 0.15) is 35.8 Å². The fourth-order valence-electron chi connectivity index (χ4n) is 2.68. The van der Waals surface area contributed by atoms with Crippen molar-refractivity contribution >= 4 is 17.0 Å². The second kappa shape index (κ2) is 7.44. The number of hydrogen-bond donors (Lipinski definition) is 2. The number of aliphatic hydroxyl groups is 1. The van der Waals surface area contributed by atoms with Gasteiger partial charge < -0.3 is 14.9 Å². The molecule has 0 fully saturated rings. The Bertz CT molecular complexity index is 874. The largest absolute Gasteiger partial charge is 0.393 e. The van der Waals surface area contributed by atoms with E-state index in [1.165, 1.54) is 0 Å². The van der Waals surface area contributed by atoms with Crippen molar-refractivity contribution in [3.8, 4) is 11.3 Å². The van der Waals surface area contributed by atoms with Crippen LogP contribution in [-0.2, 0) is 0 Å². The third-order valence-electron chi connectivity index (χ3n) is 4.17. The summed E-state index contributed by atoms with van der Waals surface area (Å²) in [5.74, 6) is -0.223. The maximum Gasteiger partial charge on any atom is 0.259 e. The lowest BCUT2D eigenvalue weighted by Crippen LogP contribution is -2.27. The smallest absolute Gasteiger partial charge is 0.259 e. The third kappa shape index (κ3) is 3.69. The number of nitrogens with one attached hydrogen (secondary N) is 1. The average molecular weight is 339 g/mol. The van der Waals surface area contributed by atoms with Gasteiger partial charge in [-0.1, -0.05) is 42.4 Å². The van der Waals surface area contributed by atoms with E-state index in [1.54, 1.807) is 13.0 Å². The van der Waals surface area contributed by atoms with Gasteiger partial charge in [0.25, 0.3) is 11.6 Å². The zero-order chi connectivity index (χ0) is 17.8. The molecule has 0 saturated carbocycles. The van der Waals surface area contributed by atoms with Crippen LogP contribution in [0.15, 0.2) is 40.9 Å². The van der Waals surface area contributed by atoms with Gasteiger partial charge in [-0.05, 0) is 25.8 Å². The number of nitrogens with zero attached hydrogens (tertiary/aromatic N) is 2. The quantitative estimate of drug-likeness (QED) is 0.720. The molecule has 0 saturated heterocycles. The predicted octanol–water partition coefficient (Wildman–Crippen LogP) is 3.09. The minimum Gasteiger partial charge on any atom is -0.393 e. The number of carbonyl (C=O) groups is 1. The molecule has 3 aromatic rings. The summed E-state index contributed by atoms with van der Waals surface area (Å²) in [4.78, 5) is 17.2. The van der Waals surface area contributed by atoms with Crippen LogP contribution in [0.2, 0.25) is 0 Å². The molecule has 2 aromatic heterocycles. The van der Waals surface area contributed by atoms with E-state index in [0.29, 0.717) is 47.4 Å². The summed E-state index contributed by atoms with van der Waals surface area (Å²) >= 11 is 0. The fraction of sp³-hybridized carbons (Fsp3) is 0.316. The molecule has 1 amide bonds. The lowest BCUT2D eigenvalue weighted by Gasteiger charge is -2.10. The van der Waals surface area contributed by atoms with Gasteiger partial charge in [0.15, 0.2) is 0 Å². The van der Waals surface area contributed by atoms with Crippen molar-refractivity contribution < 1.29 is 14.4 Å². The highest BCUT2D eigenvalue weighted by Gasteiger charge is 2.19. The number of hydrogen-bond acceptors (Lipinski definition) is 5. The summed E-state index contributed by atoms with van der Waals surface area (Å²) in [6.07, 6.45) is 0.776. The molecule has 6 heteroatoms. The van der Waals surface area contributed by atoms with Crippen LogP contribution < -0.4 is 5.32 Å². The molecule has 2 heterocycles. The zero-order valence-corrected chi connectivity index (χ0v) is 14.3. The number of aromatic nitrogens is 2. The summed E-state index contributed by atoms with van der Waals surface area (Å²) in [6, 6.07) is 11.4. The number of rotatable bonds is 6. The highest BCUT2D eigenvalue weighted by molar-refractivity contribution is 6.06. The number of carbonyl (C=O) groups excluding carboxylic acids is 1. The maximum absolute atomic E-state index is 12.7. The van der Waals surface area contributed by atoms with Crippen LogP contribution in [0.25, 0.3) is 22.4 Å². The molecule has 3 rings (SSSR count). The Morgan fingerprint density at radius 1 is 1.32 bits per heavy atom. The minimum absolute atomic E-state index is 0.223. The third-order valence-corrected chi connectivity index (χ3v) is 4.17. The van der Waals surface area contributed by atoms with Gasteiger partial charge >= 0.3 is 0 Å². The molecule has 0 aliphatic heterocycles. The van der Waals surface area contributed by atoms with Crippen LogP contribution in [0.5, 0.6) is 0 Å². The van der Waals surface area contributed by atoms with Crippen molar-refractivity contribution in [1.29, 1.82) is 0 Å². The molecule has 0 spiro atoms. The Balaban J connectivity index is 1.95. The van der Waals surface area contributed by atoms with Crippen LogP contribution in [-0.4, -0.2) is 33.8 Å². The summed E-state index contributed by atoms with van der Waals surface area (Å²) in [5.41, 5.74) is 3.00. The zero-order valence-electron chi connectivity index (χ0n) is 14.3. The van der Waals surface area contributed by atoms with Gasteiger partial charge in [0.1, 0.15) is 0 Å². The van der Waals surface area contributed by atoms with Gasteiger partial charge in [-0.2, -0.15) is 0 Å². The van der Waals surface area contributed by atoms with Crippen molar-refractivity contribution in [2.75, 3.05) is 6.54 Å². The first-order valence-electron chi connectivity index (χ1n) is 8.39. The molecule has 1 atom stereocenters. The first-order valence-corrected chi connectivity index (χ1v) is 8.39. The van der Waals surface area contributed by atoms with Crippen molar-refractivity contribution in [3.63, 3.8) is 0 Å². The van der Waals surface area contributed by atoms with Gasteiger partial charge in [0.2, 0.25) is 0 Å². The van der Waals surface area contributed by atoms with Crippen molar-refractivity contribution in [2.24, 2.45) is 0 Å². The molecule has 1 aromatic carbocycles. The lowest BCUT2D eigenvalue weighted by molar-refractivity contribution is 0.0943. The predicted molar refractivity (Wildman–Crippen MR) is 95.2 cm³/mol. The van der Waals surface area contributed by atoms with E-state index in [0.717, 1.165) is 5.56 Å². The summed E-state index contributed by atoms with van der Waals surface area (Å²) in [6.45, 7) is 4.10. The molecule has 2 N–H and O–H groups in total. The Labute approximate surface area is 145 Å². The molecule has 0 radical (unpaired) electrons. The van der Waals surface area contributed by atoms with Crippen molar-refractivity contribution in [2.45, 2.75) is 32.8 Å². The van der Waals surface area contributed by atoms with Gasteiger partial charge in [-0.3, -0.25) is 4.79 Å². The van der Waals surface area contributed by atoms with E-state index in [-0.39, 0.29) is 5.91 Å². The minimum atomic E-state index is -0.407. The maximum atomic E-state index is 12.7. The second-order valence-corrected chi connectivity index (χ2v) is 5.98. The molecule has 130 valence electrons. The first-order chi connectivity index (χ1) is 12.1. The fourth-order valence-corrected chi connectivity index (χ4v) is 2.68. The molecule has 25 heavy (non-hydrogen) atoms. The van der Waals surface area contributed by atoms with Crippen LogP contribution in [0.3, 0.4) is 0 Å². The van der Waals surface area contributed by atoms with Crippen LogP contribution >= 0.6 is 0 Å².